The number of hydrogen-bond acceptors (Lipinski definition) is 19. The fourth-order valence-electron chi connectivity index (χ4n) is 19.1. The van der Waals surface area contributed by atoms with Crippen LogP contribution in [-0.4, -0.2) is 115 Å². The molecule has 0 unspecified atom stereocenters. The van der Waals surface area contributed by atoms with Crippen molar-refractivity contribution in [2.24, 2.45) is 27.6 Å². The Morgan fingerprint density at radius 3 is 1.27 bits per heavy atom. The van der Waals surface area contributed by atoms with Crippen LogP contribution < -0.4 is 40.2 Å². The number of rotatable bonds is 35. The van der Waals surface area contributed by atoms with Gasteiger partial charge in [0.05, 0.1) is 50.4 Å². The van der Waals surface area contributed by atoms with Crippen molar-refractivity contribution in [3.05, 3.63) is 194 Å². The monoisotopic (exact) mass is 1730 g/mol. The third kappa shape index (κ3) is 20.0. The van der Waals surface area contributed by atoms with Gasteiger partial charge in [-0.1, -0.05) is 74.5 Å². The number of halogens is 7. The molecule has 4 heterocycles. The van der Waals surface area contributed by atoms with E-state index in [-0.39, 0.29) is 155 Å². The van der Waals surface area contributed by atoms with Crippen molar-refractivity contribution in [2.45, 2.75) is 211 Å². The molecule has 0 saturated heterocycles. The van der Waals surface area contributed by atoms with E-state index in [1.54, 1.807) is 25.4 Å². The summed E-state index contributed by atoms with van der Waals surface area (Å²) in [5.41, 5.74) is 2.16. The Balaban J connectivity index is 0.000000129. The number of carbonyl (C=O) groups excluding carboxylic acids is 8. The lowest BCUT2D eigenvalue weighted by Gasteiger charge is -2.70. The summed E-state index contributed by atoms with van der Waals surface area (Å²) in [6, 6.07) is 20.5. The van der Waals surface area contributed by atoms with Crippen LogP contribution in [0.25, 0.3) is 0 Å². The quantitative estimate of drug-likeness (QED) is 0.0212. The first kappa shape index (κ1) is 85.7. The first-order valence-corrected chi connectivity index (χ1v) is 43.6. The lowest BCUT2D eigenvalue weighted by Crippen LogP contribution is -2.75. The number of aryl methyl sites for hydroxylation is 6. The number of pyridine rings is 1. The minimum atomic E-state index is -0.586. The highest BCUT2D eigenvalue weighted by Gasteiger charge is 2.71. The van der Waals surface area contributed by atoms with Crippen LogP contribution in [0.3, 0.4) is 0 Å². The lowest BCUT2D eigenvalue weighted by molar-refractivity contribution is -0.165. The fraction of sp³-hybridized carbons (Fsp3) is 0.477. The third-order valence-electron chi connectivity index (χ3n) is 24.1. The number of nitrogens with one attached hydrogen (secondary N) is 4. The predicted octanol–water partition coefficient (Wildman–Crippen LogP) is 17.8. The molecule has 624 valence electrons. The highest BCUT2D eigenvalue weighted by molar-refractivity contribution is 7.14. The Bertz CT molecular complexity index is 5130. The second-order valence-corrected chi connectivity index (χ2v) is 38.9. The van der Waals surface area contributed by atoms with Crippen LogP contribution in [0, 0.1) is 64.7 Å². The van der Waals surface area contributed by atoms with E-state index in [1.165, 1.54) is 107 Å². The highest BCUT2D eigenvalue weighted by Crippen LogP contribution is 2.72. The molecular weight excluding hydrogens is 1640 g/mol. The first-order chi connectivity index (χ1) is 56.2. The first-order valence-electron chi connectivity index (χ1n) is 40.0. The topological polar surface area (TPSA) is 273 Å². The van der Waals surface area contributed by atoms with Crippen LogP contribution in [0.1, 0.15) is 221 Å². The normalized spacial score (nSPS) is 24.8. The number of amides is 4. The molecule has 13 aliphatic carbocycles. The Morgan fingerprint density at radius 1 is 0.449 bits per heavy atom. The van der Waals surface area contributed by atoms with Gasteiger partial charge in [0.1, 0.15) is 58.6 Å². The summed E-state index contributed by atoms with van der Waals surface area (Å²) in [6.45, 7) is 9.14. The molecule has 0 spiro atoms. The molecule has 4 aromatic heterocycles. The molecule has 0 radical (unpaired) electrons. The van der Waals surface area contributed by atoms with E-state index in [0.717, 1.165) is 169 Å². The predicted molar refractivity (Wildman–Crippen MR) is 441 cm³/mol. The van der Waals surface area contributed by atoms with Gasteiger partial charge in [0.15, 0.2) is 43.0 Å². The van der Waals surface area contributed by atoms with Crippen molar-refractivity contribution >= 4 is 116 Å². The molecule has 4 amide bonds. The van der Waals surface area contributed by atoms with Gasteiger partial charge >= 0.3 is 0 Å². The van der Waals surface area contributed by atoms with Gasteiger partial charge in [0.2, 0.25) is 0 Å². The smallest absolute Gasteiger partial charge is 0.270 e. The van der Waals surface area contributed by atoms with Crippen LogP contribution in [0.2, 0.25) is 15.1 Å². The van der Waals surface area contributed by atoms with Gasteiger partial charge in [-0.25, -0.2) is 32.5 Å². The summed E-state index contributed by atoms with van der Waals surface area (Å²) in [5, 5.41) is 15.2. The molecule has 13 aliphatic rings. The molecular formula is C88H93Cl3F4N8O12S3. The van der Waals surface area contributed by atoms with Gasteiger partial charge in [-0.2, -0.15) is 0 Å². The third-order valence-corrected chi connectivity index (χ3v) is 28.6. The summed E-state index contributed by atoms with van der Waals surface area (Å²) in [6.07, 6.45) is 25.5. The van der Waals surface area contributed by atoms with E-state index >= 15 is 0 Å². The Labute approximate surface area is 708 Å². The minimum Gasteiger partial charge on any atom is -0.486 e. The van der Waals surface area contributed by atoms with E-state index in [9.17, 15) is 55.9 Å². The van der Waals surface area contributed by atoms with Gasteiger partial charge in [0.25, 0.3) is 23.6 Å². The van der Waals surface area contributed by atoms with E-state index in [2.05, 4.69) is 48.1 Å². The van der Waals surface area contributed by atoms with Crippen molar-refractivity contribution in [3.8, 4) is 23.0 Å². The average Bonchev–Trinajstić information content (AvgIpc) is 0.788. The van der Waals surface area contributed by atoms with Crippen molar-refractivity contribution in [3.63, 3.8) is 0 Å². The second kappa shape index (κ2) is 34.8. The molecule has 118 heavy (non-hydrogen) atoms. The molecule has 0 atom stereocenters. The molecule has 4 aromatic carbocycles. The number of benzene rings is 4. The van der Waals surface area contributed by atoms with E-state index < -0.39 is 17.5 Å². The summed E-state index contributed by atoms with van der Waals surface area (Å²) >= 11 is 21.3. The standard InChI is InChI=1S/C26H29FN2O3.2C21H22ClFN2O3S.C20H20ClFN2O3S/c1-17-10-21(7-8-22(17)27)32-13-20(30)11-25-14-26(15-25,16-25)29-24(31)23-9-6-19(12-28-23)5-4-18-2-3-18;1-3-18-24-12(2)19(29-18)16(26)7-20-9-21(10-20,11-20)25-17(27)8-28-13-4-5-14(22)15(23)6-13;1-2-3-19-24-8-17(29-19)16(26)7-20-10-21(11-20,12-20)25-18(27)9-28-13-4-5-14(22)15(23)6-13;1-2-18-23-7-16(28-18)15(25)6-19-9-20(10-19,11-19)24-17(26)8-27-12-3-4-13(21)14(22)5-12/h6-10,12,18H,2-5,11,13-16H2,1H3,(H,29,31);4-6H,3,7-11H2,1-2H3,(H,25,27);4-6,8H,2-3,7,9-12H2,1H3,(H,25,27);3-5,7H,2,6,8-11H2,1H3,(H,24,26). The number of nitrogens with zero attached hydrogens (tertiary/aromatic N) is 4. The molecule has 13 saturated carbocycles. The van der Waals surface area contributed by atoms with Crippen LogP contribution in [-0.2, 0) is 44.9 Å². The zero-order valence-electron chi connectivity index (χ0n) is 66.2. The molecule has 30 heteroatoms. The maximum atomic E-state index is 13.4. The molecule has 0 aliphatic heterocycles. The van der Waals surface area contributed by atoms with Crippen molar-refractivity contribution in [1.29, 1.82) is 0 Å². The molecule has 8 bridgehead atoms. The SMILES string of the molecule is CCCc1ncc(C(=O)CC23CC(NC(=O)COc4ccc(Cl)c(F)c4)(C2)C3)s1.CCc1nc(C)c(C(=O)CC23CC(NC(=O)COc4ccc(Cl)c(F)c4)(C2)C3)s1.CCc1ncc(C(=O)CC23CC(NC(=O)COc4ccc(Cl)c(F)c4)(C2)C3)s1.Cc1cc(OCC(=O)CC23CC(NC(=O)c4ccc(CCC5CC5)cn4)(C2)C3)ccc1F. The minimum absolute atomic E-state index is 0.00728. The number of aromatic nitrogens is 4. The highest BCUT2D eigenvalue weighted by atomic mass is 35.5. The number of carbonyl (C=O) groups is 8. The summed E-state index contributed by atoms with van der Waals surface area (Å²) in [4.78, 5) is 119. The van der Waals surface area contributed by atoms with E-state index in [0.29, 0.717) is 42.7 Å². The zero-order chi connectivity index (χ0) is 83.7. The number of ketones is 4. The number of hydrogen-bond donors (Lipinski definition) is 4. The van der Waals surface area contributed by atoms with Crippen molar-refractivity contribution in [1.82, 2.24) is 41.2 Å². The lowest BCUT2D eigenvalue weighted by atomic mass is 9.38. The molecule has 13 fully saturated rings. The number of Topliss-reactive ketones (excluding diaryl/α,β-unsaturated/α-hetero) is 4. The maximum Gasteiger partial charge on any atom is 0.270 e. The molecule has 4 N–H and O–H groups in total. The number of ether oxygens (including phenoxy) is 4. The molecule has 20 nitrogen and oxygen atoms in total. The van der Waals surface area contributed by atoms with E-state index in [1.807, 2.05) is 39.1 Å². The second-order valence-electron chi connectivity index (χ2n) is 34.4. The van der Waals surface area contributed by atoms with E-state index in [4.69, 9.17) is 53.8 Å². The molecule has 8 aromatic rings. The van der Waals surface area contributed by atoms with Gasteiger partial charge in [0, 0.05) is 84.6 Å². The average molecular weight is 1730 g/mol. The summed E-state index contributed by atoms with van der Waals surface area (Å²) in [7, 11) is 0. The summed E-state index contributed by atoms with van der Waals surface area (Å²) < 4.78 is 75.1. The van der Waals surface area contributed by atoms with Gasteiger partial charge in [-0.15, -0.1) is 34.0 Å². The van der Waals surface area contributed by atoms with Gasteiger partial charge in [-0.3, -0.25) is 43.3 Å². The molecule has 21 rings (SSSR count). The zero-order valence-corrected chi connectivity index (χ0v) is 71.0. The van der Waals surface area contributed by atoms with Crippen LogP contribution in [0.4, 0.5) is 17.6 Å². The van der Waals surface area contributed by atoms with Crippen molar-refractivity contribution in [2.75, 3.05) is 26.4 Å². The Morgan fingerprint density at radius 2 is 0.864 bits per heavy atom. The van der Waals surface area contributed by atoms with Crippen LogP contribution >= 0.6 is 68.8 Å². The van der Waals surface area contributed by atoms with Crippen LogP contribution in [0.5, 0.6) is 23.0 Å². The largest absolute Gasteiger partial charge is 0.486 e. The summed E-state index contributed by atoms with van der Waals surface area (Å²) in [5.74, 6) is -0.251. The van der Waals surface area contributed by atoms with Crippen molar-refractivity contribution < 1.29 is 74.9 Å². The maximum absolute atomic E-state index is 13.4. The Kier molecular flexibility index (Phi) is 25.3. The fourth-order valence-corrected chi connectivity index (χ4v) is 22.1. The number of thiazole rings is 3. The van der Waals surface area contributed by atoms with Gasteiger partial charge < -0.3 is 40.2 Å². The van der Waals surface area contributed by atoms with Gasteiger partial charge in [-0.05, 0) is 229 Å². The van der Waals surface area contributed by atoms with Crippen LogP contribution in [0.15, 0.2) is 104 Å². The Hall–Kier alpha value is -8.73.